The summed E-state index contributed by atoms with van der Waals surface area (Å²) in [4.78, 5) is 33.5. The molecule has 21 heavy (non-hydrogen) atoms. The second-order valence-corrected chi connectivity index (χ2v) is 4.25. The number of carboxylic acids is 2. The summed E-state index contributed by atoms with van der Waals surface area (Å²) in [5.41, 5.74) is 5.89. The lowest BCUT2D eigenvalue weighted by Gasteiger charge is -2.15. The molecule has 1 rings (SSSR count). The molecule has 1 amide bonds. The number of nitrogens with two attached hydrogens (primary N) is 1. The van der Waals surface area contributed by atoms with E-state index < -0.39 is 23.9 Å². The molecular formula is C13H16N2O6. The molecule has 1 aromatic carbocycles. The van der Waals surface area contributed by atoms with E-state index in [1.165, 1.54) is 19.2 Å². The van der Waals surface area contributed by atoms with Crippen molar-refractivity contribution >= 4 is 23.5 Å². The number of ether oxygens (including phenoxy) is 1. The zero-order chi connectivity index (χ0) is 16.0. The average Bonchev–Trinajstić information content (AvgIpc) is 2.43. The molecule has 0 spiro atoms. The van der Waals surface area contributed by atoms with Crippen LogP contribution in [0.25, 0.3) is 0 Å². The lowest BCUT2D eigenvalue weighted by Crippen LogP contribution is -2.41. The van der Waals surface area contributed by atoms with Crippen LogP contribution in [0, 0.1) is 0 Å². The lowest BCUT2D eigenvalue weighted by molar-refractivity contribution is -0.140. The van der Waals surface area contributed by atoms with Gasteiger partial charge in [-0.05, 0) is 24.6 Å². The summed E-state index contributed by atoms with van der Waals surface area (Å²) in [5.74, 6) is -2.77. The van der Waals surface area contributed by atoms with Crippen LogP contribution in [0.3, 0.4) is 0 Å². The number of amides is 1. The van der Waals surface area contributed by atoms with Crippen molar-refractivity contribution < 1.29 is 29.3 Å². The highest BCUT2D eigenvalue weighted by Crippen LogP contribution is 2.19. The maximum Gasteiger partial charge on any atom is 0.326 e. The van der Waals surface area contributed by atoms with E-state index in [1.54, 1.807) is 6.07 Å². The molecule has 0 saturated carbocycles. The lowest BCUT2D eigenvalue weighted by atomic mass is 10.1. The Morgan fingerprint density at radius 1 is 1.33 bits per heavy atom. The highest BCUT2D eigenvalue weighted by Gasteiger charge is 2.22. The molecule has 0 unspecified atom stereocenters. The van der Waals surface area contributed by atoms with E-state index in [1.807, 2.05) is 0 Å². The third kappa shape index (κ3) is 4.68. The highest BCUT2D eigenvalue weighted by molar-refractivity contribution is 6.01. The first kappa shape index (κ1) is 16.3. The Morgan fingerprint density at radius 2 is 2.00 bits per heavy atom. The molecule has 1 aromatic rings. The van der Waals surface area contributed by atoms with Gasteiger partial charge in [0, 0.05) is 12.1 Å². The molecule has 8 nitrogen and oxygen atoms in total. The molecule has 0 aliphatic rings. The number of hydrogen-bond donors (Lipinski definition) is 4. The molecule has 114 valence electrons. The van der Waals surface area contributed by atoms with Gasteiger partial charge in [-0.3, -0.25) is 9.59 Å². The van der Waals surface area contributed by atoms with E-state index in [4.69, 9.17) is 20.7 Å². The Bertz CT molecular complexity index is 558. The number of hydrogen-bond acceptors (Lipinski definition) is 5. The van der Waals surface area contributed by atoms with Crippen molar-refractivity contribution in [3.63, 3.8) is 0 Å². The summed E-state index contributed by atoms with van der Waals surface area (Å²) in [6.45, 7) is 0. The number of nitrogen functional groups attached to an aromatic ring is 1. The van der Waals surface area contributed by atoms with E-state index >= 15 is 0 Å². The normalized spacial score (nSPS) is 11.5. The van der Waals surface area contributed by atoms with Gasteiger partial charge in [0.15, 0.2) is 0 Å². The van der Waals surface area contributed by atoms with Crippen LogP contribution < -0.4 is 15.8 Å². The van der Waals surface area contributed by atoms with Crippen LogP contribution in [0.2, 0.25) is 0 Å². The molecule has 0 saturated heterocycles. The molecular weight excluding hydrogens is 280 g/mol. The standard InChI is InChI=1S/C13H16N2O6/c1-21-7-2-3-9(14)8(6-7)12(18)15-10(13(19)20)4-5-11(16)17/h2-3,6,10H,4-5,14H2,1H3,(H,15,18)(H,16,17)(H,19,20)/t10-/m0/s1. The van der Waals surface area contributed by atoms with E-state index in [0.29, 0.717) is 5.75 Å². The first-order valence-corrected chi connectivity index (χ1v) is 6.04. The van der Waals surface area contributed by atoms with Crippen molar-refractivity contribution in [1.82, 2.24) is 5.32 Å². The predicted molar refractivity (Wildman–Crippen MR) is 73.2 cm³/mol. The minimum Gasteiger partial charge on any atom is -0.497 e. The number of anilines is 1. The quantitative estimate of drug-likeness (QED) is 0.531. The van der Waals surface area contributed by atoms with Crippen molar-refractivity contribution in [3.8, 4) is 5.75 Å². The van der Waals surface area contributed by atoms with Gasteiger partial charge >= 0.3 is 11.9 Å². The van der Waals surface area contributed by atoms with Gasteiger partial charge in [-0.1, -0.05) is 0 Å². The fourth-order valence-corrected chi connectivity index (χ4v) is 1.62. The molecule has 0 radical (unpaired) electrons. The molecule has 8 heteroatoms. The van der Waals surface area contributed by atoms with Gasteiger partial charge in [0.1, 0.15) is 11.8 Å². The Labute approximate surface area is 120 Å². The second kappa shape index (κ2) is 7.13. The van der Waals surface area contributed by atoms with Crippen molar-refractivity contribution in [2.75, 3.05) is 12.8 Å². The Hall–Kier alpha value is -2.77. The summed E-state index contributed by atoms with van der Waals surface area (Å²) in [7, 11) is 1.42. The molecule has 5 N–H and O–H groups in total. The third-order valence-corrected chi connectivity index (χ3v) is 2.76. The monoisotopic (exact) mass is 296 g/mol. The summed E-state index contributed by atoms with van der Waals surface area (Å²) in [6.07, 6.45) is -0.592. The maximum absolute atomic E-state index is 12.0. The minimum atomic E-state index is -1.31. The van der Waals surface area contributed by atoms with Gasteiger partial charge in [-0.15, -0.1) is 0 Å². The predicted octanol–water partition coefficient (Wildman–Crippen LogP) is 0.325. The van der Waals surface area contributed by atoms with Crippen LogP contribution in [0.4, 0.5) is 5.69 Å². The van der Waals surface area contributed by atoms with Gasteiger partial charge in [-0.25, -0.2) is 4.79 Å². The van der Waals surface area contributed by atoms with Crippen molar-refractivity contribution in [2.45, 2.75) is 18.9 Å². The van der Waals surface area contributed by atoms with Crippen LogP contribution in [-0.2, 0) is 9.59 Å². The Balaban J connectivity index is 2.86. The van der Waals surface area contributed by atoms with E-state index in [2.05, 4.69) is 5.32 Å². The number of rotatable bonds is 7. The largest absolute Gasteiger partial charge is 0.497 e. The number of nitrogens with one attached hydrogen (secondary N) is 1. The van der Waals surface area contributed by atoms with Gasteiger partial charge in [0.25, 0.3) is 5.91 Å². The van der Waals surface area contributed by atoms with E-state index in [9.17, 15) is 14.4 Å². The highest BCUT2D eigenvalue weighted by atomic mass is 16.5. The van der Waals surface area contributed by atoms with Crippen LogP contribution in [0.5, 0.6) is 5.75 Å². The smallest absolute Gasteiger partial charge is 0.326 e. The van der Waals surface area contributed by atoms with Crippen LogP contribution in [-0.4, -0.2) is 41.2 Å². The second-order valence-electron chi connectivity index (χ2n) is 4.25. The van der Waals surface area contributed by atoms with Crippen LogP contribution >= 0.6 is 0 Å². The first-order chi connectivity index (χ1) is 9.85. The fraction of sp³-hybridized carbons (Fsp3) is 0.308. The van der Waals surface area contributed by atoms with Crippen molar-refractivity contribution in [3.05, 3.63) is 23.8 Å². The minimum absolute atomic E-state index is 0.0657. The Morgan fingerprint density at radius 3 is 2.52 bits per heavy atom. The third-order valence-electron chi connectivity index (χ3n) is 2.76. The number of benzene rings is 1. The number of carbonyl (C=O) groups excluding carboxylic acids is 1. The molecule has 0 aliphatic carbocycles. The fourth-order valence-electron chi connectivity index (χ4n) is 1.62. The molecule has 0 aliphatic heterocycles. The van der Waals surface area contributed by atoms with Gasteiger partial charge < -0.3 is 26.0 Å². The van der Waals surface area contributed by atoms with E-state index in [-0.39, 0.29) is 24.1 Å². The SMILES string of the molecule is COc1ccc(N)c(C(=O)N[C@@H](CCC(=O)O)C(=O)O)c1. The van der Waals surface area contributed by atoms with Crippen molar-refractivity contribution in [1.29, 1.82) is 0 Å². The summed E-state index contributed by atoms with van der Waals surface area (Å²) in [6, 6.07) is 3.09. The number of methoxy groups -OCH3 is 1. The maximum atomic E-state index is 12.0. The molecule has 0 heterocycles. The van der Waals surface area contributed by atoms with Gasteiger partial charge in [0.05, 0.1) is 12.7 Å². The summed E-state index contributed by atoms with van der Waals surface area (Å²) < 4.78 is 4.96. The number of aliphatic carboxylic acids is 2. The zero-order valence-electron chi connectivity index (χ0n) is 11.3. The molecule has 0 bridgehead atoms. The van der Waals surface area contributed by atoms with Gasteiger partial charge in [0.2, 0.25) is 0 Å². The Kier molecular flexibility index (Phi) is 5.53. The van der Waals surface area contributed by atoms with Crippen LogP contribution in [0.1, 0.15) is 23.2 Å². The number of carbonyl (C=O) groups is 3. The molecule has 0 fully saturated rings. The first-order valence-electron chi connectivity index (χ1n) is 6.04. The van der Waals surface area contributed by atoms with Crippen LogP contribution in [0.15, 0.2) is 18.2 Å². The summed E-state index contributed by atoms with van der Waals surface area (Å²) >= 11 is 0. The zero-order valence-corrected chi connectivity index (χ0v) is 11.3. The van der Waals surface area contributed by atoms with Gasteiger partial charge in [-0.2, -0.15) is 0 Å². The molecule has 1 atom stereocenters. The average molecular weight is 296 g/mol. The topological polar surface area (TPSA) is 139 Å². The summed E-state index contributed by atoms with van der Waals surface area (Å²) in [5, 5.41) is 19.8. The van der Waals surface area contributed by atoms with Crippen molar-refractivity contribution in [2.24, 2.45) is 0 Å². The molecule has 0 aromatic heterocycles. The number of carboxylic acid groups (broad SMARTS) is 2. The van der Waals surface area contributed by atoms with E-state index in [0.717, 1.165) is 0 Å².